The summed E-state index contributed by atoms with van der Waals surface area (Å²) >= 11 is 0. The van der Waals surface area contributed by atoms with E-state index in [2.05, 4.69) is 20.2 Å². The molecule has 1 heterocycles. The van der Waals surface area contributed by atoms with Gasteiger partial charge in [0.1, 0.15) is 11.6 Å². The number of rotatable bonds is 5. The lowest BCUT2D eigenvalue weighted by molar-refractivity contribution is 0.588. The Balaban J connectivity index is 2.42. The average molecular weight is 231 g/mol. The molecule has 4 N–H and O–H groups in total. The van der Waals surface area contributed by atoms with Gasteiger partial charge in [0.25, 0.3) is 0 Å². The lowest BCUT2D eigenvalue weighted by Crippen LogP contribution is -2.26. The molecule has 1 aromatic rings. The first kappa shape index (κ1) is 11.7. The molecule has 0 fully saturated rings. The summed E-state index contributed by atoms with van der Waals surface area (Å²) < 4.78 is 24.3. The second-order valence-corrected chi connectivity index (χ2v) is 4.84. The summed E-state index contributed by atoms with van der Waals surface area (Å²) in [5, 5.41) is 10.2. The predicted octanol–water partition coefficient (Wildman–Crippen LogP) is -0.980. The van der Waals surface area contributed by atoms with Gasteiger partial charge in [-0.3, -0.25) is 0 Å². The van der Waals surface area contributed by atoms with Crippen molar-refractivity contribution in [2.24, 2.45) is 0 Å². The fourth-order valence-corrected chi connectivity index (χ4v) is 1.43. The van der Waals surface area contributed by atoms with E-state index >= 15 is 0 Å². The summed E-state index contributed by atoms with van der Waals surface area (Å²) in [6.07, 6.45) is 0. The highest BCUT2D eigenvalue weighted by Crippen LogP contribution is 2.01. The maximum Gasteiger partial charge on any atom is 0.213 e. The molecule has 0 atom stereocenters. The van der Waals surface area contributed by atoms with Gasteiger partial charge in [-0.05, 0) is 19.2 Å². The molecule has 1 rings (SSSR count). The van der Waals surface area contributed by atoms with Crippen molar-refractivity contribution in [3.8, 4) is 0 Å². The molecule has 0 unspecified atom stereocenters. The molecule has 15 heavy (non-hydrogen) atoms. The van der Waals surface area contributed by atoms with Gasteiger partial charge in [-0.25, -0.2) is 13.1 Å². The molecule has 0 spiro atoms. The zero-order valence-electron chi connectivity index (χ0n) is 8.27. The minimum Gasteiger partial charge on any atom is -0.382 e. The van der Waals surface area contributed by atoms with Crippen LogP contribution in [0.1, 0.15) is 0 Å². The van der Waals surface area contributed by atoms with Gasteiger partial charge in [-0.1, -0.05) is 0 Å². The first-order valence-corrected chi connectivity index (χ1v) is 5.93. The Labute approximate surface area is 88.1 Å². The molecule has 1 aromatic heterocycles. The van der Waals surface area contributed by atoms with Crippen molar-refractivity contribution in [3.63, 3.8) is 0 Å². The Bertz CT molecular complexity index is 402. The van der Waals surface area contributed by atoms with Crippen molar-refractivity contribution in [1.82, 2.24) is 14.9 Å². The molecule has 0 aromatic carbocycles. The van der Waals surface area contributed by atoms with Crippen LogP contribution in [-0.4, -0.2) is 38.0 Å². The summed E-state index contributed by atoms with van der Waals surface area (Å²) in [5.74, 6) is 0.800. The van der Waals surface area contributed by atoms with Crippen LogP contribution in [-0.2, 0) is 10.0 Å². The molecule has 8 heteroatoms. The van der Waals surface area contributed by atoms with Crippen LogP contribution >= 0.6 is 0 Å². The van der Waals surface area contributed by atoms with Crippen molar-refractivity contribution >= 4 is 21.7 Å². The number of hydrogen-bond donors (Lipinski definition) is 3. The molecular weight excluding hydrogens is 218 g/mol. The molecule has 7 nitrogen and oxygen atoms in total. The highest BCUT2D eigenvalue weighted by Gasteiger charge is 2.05. The average Bonchev–Trinajstić information content (AvgIpc) is 2.21. The van der Waals surface area contributed by atoms with E-state index in [4.69, 9.17) is 5.73 Å². The van der Waals surface area contributed by atoms with Crippen LogP contribution in [0.2, 0.25) is 0 Å². The Hall–Kier alpha value is -1.41. The van der Waals surface area contributed by atoms with Crippen molar-refractivity contribution < 1.29 is 8.42 Å². The summed E-state index contributed by atoms with van der Waals surface area (Å²) in [6.45, 7) is 0.266. The molecule has 0 saturated heterocycles. The maximum absolute atomic E-state index is 11.0. The van der Waals surface area contributed by atoms with Crippen molar-refractivity contribution in [1.29, 1.82) is 0 Å². The molecule has 84 valence electrons. The summed E-state index contributed by atoms with van der Waals surface area (Å²) in [6, 6.07) is 3.22. The first-order chi connectivity index (χ1) is 7.03. The summed E-state index contributed by atoms with van der Waals surface area (Å²) in [7, 11) is -1.81. The van der Waals surface area contributed by atoms with Crippen LogP contribution in [0.25, 0.3) is 0 Å². The Morgan fingerprint density at radius 2 is 2.13 bits per heavy atom. The van der Waals surface area contributed by atoms with Gasteiger partial charge in [0, 0.05) is 6.54 Å². The van der Waals surface area contributed by atoms with E-state index in [0.717, 1.165) is 0 Å². The van der Waals surface area contributed by atoms with Crippen molar-refractivity contribution in [2.75, 3.05) is 30.4 Å². The maximum atomic E-state index is 11.0. The lowest BCUT2D eigenvalue weighted by atomic mass is 10.5. The number of nitrogens with zero attached hydrogens (tertiary/aromatic N) is 2. The Kier molecular flexibility index (Phi) is 3.81. The third kappa shape index (κ3) is 4.09. The van der Waals surface area contributed by atoms with E-state index in [9.17, 15) is 8.42 Å². The second kappa shape index (κ2) is 4.89. The minimum absolute atomic E-state index is 0.0183. The van der Waals surface area contributed by atoms with Gasteiger partial charge in [0.2, 0.25) is 10.0 Å². The van der Waals surface area contributed by atoms with Gasteiger partial charge in [0.05, 0.1) is 5.75 Å². The molecule has 0 saturated carbocycles. The largest absolute Gasteiger partial charge is 0.382 e. The van der Waals surface area contributed by atoms with Crippen LogP contribution < -0.4 is 15.8 Å². The lowest BCUT2D eigenvalue weighted by Gasteiger charge is -2.04. The molecule has 0 aliphatic rings. The van der Waals surface area contributed by atoms with Gasteiger partial charge in [-0.15, -0.1) is 10.2 Å². The molecular formula is C7H13N5O2S. The van der Waals surface area contributed by atoms with Crippen LogP contribution in [0.4, 0.5) is 11.6 Å². The number of nitrogen functional groups attached to an aromatic ring is 1. The molecule has 0 aliphatic heterocycles. The smallest absolute Gasteiger partial charge is 0.213 e. The van der Waals surface area contributed by atoms with E-state index in [0.29, 0.717) is 11.6 Å². The fraction of sp³-hybridized carbons (Fsp3) is 0.429. The number of aromatic nitrogens is 2. The van der Waals surface area contributed by atoms with Crippen LogP contribution in [0.5, 0.6) is 0 Å². The number of hydrogen-bond acceptors (Lipinski definition) is 6. The van der Waals surface area contributed by atoms with Gasteiger partial charge in [0.15, 0.2) is 0 Å². The quantitative estimate of drug-likeness (QED) is 0.601. The van der Waals surface area contributed by atoms with E-state index in [1.807, 2.05) is 0 Å². The normalized spacial score (nSPS) is 11.3. The number of nitrogens with one attached hydrogen (secondary N) is 2. The SMILES string of the molecule is CNS(=O)(=O)CCNc1ccc(N)nn1. The molecule has 0 aliphatic carbocycles. The number of nitrogens with two attached hydrogens (primary N) is 1. The van der Waals surface area contributed by atoms with Crippen LogP contribution in [0.3, 0.4) is 0 Å². The van der Waals surface area contributed by atoms with Crippen LogP contribution in [0.15, 0.2) is 12.1 Å². The number of sulfonamides is 1. The standard InChI is InChI=1S/C7H13N5O2S/c1-9-15(13,14)5-4-10-7-3-2-6(8)11-12-7/h2-3,9H,4-5H2,1H3,(H2,8,11)(H,10,12). The topological polar surface area (TPSA) is 110 Å². The van der Waals surface area contributed by atoms with Gasteiger partial charge < -0.3 is 11.1 Å². The molecule has 0 amide bonds. The van der Waals surface area contributed by atoms with E-state index in [1.165, 1.54) is 7.05 Å². The van der Waals surface area contributed by atoms with Crippen LogP contribution in [0, 0.1) is 0 Å². The minimum atomic E-state index is -3.18. The third-order valence-electron chi connectivity index (χ3n) is 1.67. The van der Waals surface area contributed by atoms with Crippen molar-refractivity contribution in [2.45, 2.75) is 0 Å². The number of anilines is 2. The third-order valence-corrected chi connectivity index (χ3v) is 3.04. The van der Waals surface area contributed by atoms with E-state index < -0.39 is 10.0 Å². The summed E-state index contributed by atoms with van der Waals surface area (Å²) in [4.78, 5) is 0. The molecule has 0 radical (unpaired) electrons. The predicted molar refractivity (Wildman–Crippen MR) is 57.8 cm³/mol. The van der Waals surface area contributed by atoms with E-state index in [1.54, 1.807) is 12.1 Å². The zero-order valence-corrected chi connectivity index (χ0v) is 9.08. The van der Waals surface area contributed by atoms with E-state index in [-0.39, 0.29) is 12.3 Å². The van der Waals surface area contributed by atoms with Gasteiger partial charge >= 0.3 is 0 Å². The monoisotopic (exact) mass is 231 g/mol. The highest BCUT2D eigenvalue weighted by atomic mass is 32.2. The Morgan fingerprint density at radius 3 is 2.67 bits per heavy atom. The molecule has 0 bridgehead atoms. The van der Waals surface area contributed by atoms with Crippen molar-refractivity contribution in [3.05, 3.63) is 12.1 Å². The fourth-order valence-electron chi connectivity index (χ4n) is 0.852. The van der Waals surface area contributed by atoms with Gasteiger partial charge in [-0.2, -0.15) is 0 Å². The zero-order chi connectivity index (χ0) is 11.3. The second-order valence-electron chi connectivity index (χ2n) is 2.79. The highest BCUT2D eigenvalue weighted by molar-refractivity contribution is 7.89. The summed E-state index contributed by atoms with van der Waals surface area (Å²) in [5.41, 5.74) is 5.34. The first-order valence-electron chi connectivity index (χ1n) is 4.28. The Morgan fingerprint density at radius 1 is 1.40 bits per heavy atom.